The molecule has 0 aromatic rings. The molecule has 0 bridgehead atoms. The second-order valence-corrected chi connectivity index (χ2v) is 6.28. The van der Waals surface area contributed by atoms with Gasteiger partial charge in [0.05, 0.1) is 17.4 Å². The Balaban J connectivity index is 1.98. The highest BCUT2D eigenvalue weighted by atomic mass is 32.2. The summed E-state index contributed by atoms with van der Waals surface area (Å²) < 4.78 is 17.5. The summed E-state index contributed by atoms with van der Waals surface area (Å²) >= 11 is 0. The van der Waals surface area contributed by atoms with Gasteiger partial charge in [0.15, 0.2) is 0 Å². The third-order valence-corrected chi connectivity index (χ3v) is 5.23. The average molecular weight is 217 g/mol. The predicted octanol–water partition coefficient (Wildman–Crippen LogP) is 0.966. The fraction of sp³-hybridized carbons (Fsp3) is 1.00. The Morgan fingerprint density at radius 2 is 2.00 bits per heavy atom. The molecule has 1 spiro atoms. The second-order valence-electron chi connectivity index (χ2n) is 4.44. The van der Waals surface area contributed by atoms with Gasteiger partial charge in [-0.25, -0.2) is 0 Å². The zero-order chi connectivity index (χ0) is 10.2. The minimum atomic E-state index is -0.745. The Hall–Kier alpha value is 0.0700. The molecule has 0 N–H and O–H groups in total. The summed E-state index contributed by atoms with van der Waals surface area (Å²) in [7, 11) is -0.745. The Labute approximate surface area is 88.3 Å². The molecule has 14 heavy (non-hydrogen) atoms. The maximum absolute atomic E-state index is 11.8. The van der Waals surface area contributed by atoms with Gasteiger partial charge in [0.1, 0.15) is 4.93 Å². The Bertz CT molecular complexity index is 234. The molecule has 4 heteroatoms. The molecule has 0 radical (unpaired) electrons. The number of hydrogen-bond acceptors (Lipinski definition) is 3. The van der Waals surface area contributed by atoms with Crippen molar-refractivity contribution in [3.8, 4) is 0 Å². The van der Waals surface area contributed by atoms with Crippen molar-refractivity contribution in [2.45, 2.75) is 37.7 Å². The van der Waals surface area contributed by atoms with Crippen molar-refractivity contribution in [3.63, 3.8) is 0 Å². The van der Waals surface area contributed by atoms with Crippen LogP contribution < -0.4 is 0 Å². The first kappa shape index (κ1) is 10.6. The first-order valence-corrected chi connectivity index (χ1v) is 6.72. The molecule has 2 heterocycles. The zero-order valence-corrected chi connectivity index (χ0v) is 9.81. The molecule has 2 aliphatic rings. The van der Waals surface area contributed by atoms with Gasteiger partial charge in [0.25, 0.3) is 0 Å². The molecule has 0 aromatic carbocycles. The molecular weight excluding hydrogens is 198 g/mol. The van der Waals surface area contributed by atoms with E-state index in [1.165, 1.54) is 0 Å². The third kappa shape index (κ3) is 1.75. The lowest BCUT2D eigenvalue weighted by atomic mass is 10.1. The van der Waals surface area contributed by atoms with Gasteiger partial charge in [-0.05, 0) is 13.8 Å². The monoisotopic (exact) mass is 217 g/mol. The molecule has 2 aliphatic heterocycles. The van der Waals surface area contributed by atoms with Gasteiger partial charge < -0.3 is 9.64 Å². The SMILES string of the molecule is CC(C)N1CCC2(CC1)OCCS2=O. The Kier molecular flexibility index (Phi) is 2.96. The van der Waals surface area contributed by atoms with Crippen LogP contribution in [-0.4, -0.2) is 45.5 Å². The molecule has 2 rings (SSSR count). The van der Waals surface area contributed by atoms with Crippen molar-refractivity contribution >= 4 is 10.8 Å². The van der Waals surface area contributed by atoms with Crippen LogP contribution in [0.25, 0.3) is 0 Å². The number of rotatable bonds is 1. The Morgan fingerprint density at radius 1 is 1.36 bits per heavy atom. The zero-order valence-electron chi connectivity index (χ0n) is 8.99. The predicted molar refractivity (Wildman–Crippen MR) is 57.6 cm³/mol. The number of nitrogens with zero attached hydrogens (tertiary/aromatic N) is 1. The number of piperidine rings is 1. The number of ether oxygens (including phenoxy) is 1. The Morgan fingerprint density at radius 3 is 2.43 bits per heavy atom. The third-order valence-electron chi connectivity index (χ3n) is 3.34. The molecule has 2 fully saturated rings. The van der Waals surface area contributed by atoms with Crippen molar-refractivity contribution in [3.05, 3.63) is 0 Å². The molecule has 2 saturated heterocycles. The topological polar surface area (TPSA) is 29.5 Å². The quantitative estimate of drug-likeness (QED) is 0.655. The first-order chi connectivity index (χ1) is 6.64. The molecule has 1 atom stereocenters. The number of likely N-dealkylation sites (tertiary alicyclic amines) is 1. The lowest BCUT2D eigenvalue weighted by Crippen LogP contribution is -2.48. The van der Waals surface area contributed by atoms with E-state index in [1.54, 1.807) is 0 Å². The minimum absolute atomic E-state index is 0.272. The van der Waals surface area contributed by atoms with E-state index < -0.39 is 10.8 Å². The van der Waals surface area contributed by atoms with E-state index in [-0.39, 0.29) is 4.93 Å². The van der Waals surface area contributed by atoms with Crippen molar-refractivity contribution in [2.24, 2.45) is 0 Å². The van der Waals surface area contributed by atoms with Gasteiger partial charge in [0.2, 0.25) is 0 Å². The van der Waals surface area contributed by atoms with Crippen LogP contribution in [0.5, 0.6) is 0 Å². The summed E-state index contributed by atoms with van der Waals surface area (Å²) in [5, 5.41) is 0. The summed E-state index contributed by atoms with van der Waals surface area (Å²) in [6.07, 6.45) is 1.88. The highest BCUT2D eigenvalue weighted by Gasteiger charge is 2.44. The highest BCUT2D eigenvalue weighted by molar-refractivity contribution is 7.86. The van der Waals surface area contributed by atoms with Crippen LogP contribution >= 0.6 is 0 Å². The number of hydrogen-bond donors (Lipinski definition) is 0. The van der Waals surface area contributed by atoms with Crippen LogP contribution in [-0.2, 0) is 15.5 Å². The molecule has 0 amide bonds. The molecular formula is C10H19NO2S. The van der Waals surface area contributed by atoms with Crippen LogP contribution in [0, 0.1) is 0 Å². The van der Waals surface area contributed by atoms with Crippen molar-refractivity contribution in [2.75, 3.05) is 25.4 Å². The molecule has 1 unspecified atom stereocenters. The van der Waals surface area contributed by atoms with E-state index in [2.05, 4.69) is 18.7 Å². The summed E-state index contributed by atoms with van der Waals surface area (Å²) in [5.74, 6) is 0.738. The lowest BCUT2D eigenvalue weighted by Gasteiger charge is -2.39. The van der Waals surface area contributed by atoms with Crippen LogP contribution in [0.2, 0.25) is 0 Å². The maximum atomic E-state index is 11.8. The van der Waals surface area contributed by atoms with E-state index in [0.717, 1.165) is 31.7 Å². The smallest absolute Gasteiger partial charge is 0.145 e. The van der Waals surface area contributed by atoms with E-state index in [0.29, 0.717) is 12.6 Å². The highest BCUT2D eigenvalue weighted by Crippen LogP contribution is 2.34. The van der Waals surface area contributed by atoms with Crippen LogP contribution in [0.4, 0.5) is 0 Å². The minimum Gasteiger partial charge on any atom is -0.361 e. The van der Waals surface area contributed by atoms with E-state index in [9.17, 15) is 4.21 Å². The van der Waals surface area contributed by atoms with Crippen molar-refractivity contribution in [1.29, 1.82) is 0 Å². The molecule has 82 valence electrons. The summed E-state index contributed by atoms with van der Waals surface area (Å²) in [6, 6.07) is 0.599. The fourth-order valence-electron chi connectivity index (χ4n) is 2.31. The fourth-order valence-corrected chi connectivity index (χ4v) is 3.77. The van der Waals surface area contributed by atoms with Gasteiger partial charge in [-0.15, -0.1) is 0 Å². The van der Waals surface area contributed by atoms with Gasteiger partial charge in [-0.1, -0.05) is 0 Å². The van der Waals surface area contributed by atoms with Gasteiger partial charge in [0, 0.05) is 37.7 Å². The average Bonchev–Trinajstić information content (AvgIpc) is 2.49. The second kappa shape index (κ2) is 3.91. The van der Waals surface area contributed by atoms with Crippen LogP contribution in [0.3, 0.4) is 0 Å². The lowest BCUT2D eigenvalue weighted by molar-refractivity contribution is -0.00699. The van der Waals surface area contributed by atoms with E-state index >= 15 is 0 Å². The standard InChI is InChI=1S/C10H19NO2S/c1-9(2)11-5-3-10(4-6-11)13-7-8-14(10)12/h9H,3-8H2,1-2H3. The molecule has 3 nitrogen and oxygen atoms in total. The van der Waals surface area contributed by atoms with E-state index in [1.807, 2.05) is 0 Å². The summed E-state index contributed by atoms with van der Waals surface area (Å²) in [6.45, 7) is 7.18. The maximum Gasteiger partial charge on any atom is 0.145 e. The molecule has 0 aliphatic carbocycles. The van der Waals surface area contributed by atoms with Crippen LogP contribution in [0.15, 0.2) is 0 Å². The van der Waals surface area contributed by atoms with Gasteiger partial charge >= 0.3 is 0 Å². The van der Waals surface area contributed by atoms with Gasteiger partial charge in [-0.3, -0.25) is 4.21 Å². The van der Waals surface area contributed by atoms with E-state index in [4.69, 9.17) is 4.74 Å². The first-order valence-electron chi connectivity index (χ1n) is 5.40. The normalized spacial score (nSPS) is 32.9. The largest absolute Gasteiger partial charge is 0.361 e. The van der Waals surface area contributed by atoms with Crippen molar-refractivity contribution in [1.82, 2.24) is 4.90 Å². The van der Waals surface area contributed by atoms with Gasteiger partial charge in [-0.2, -0.15) is 0 Å². The summed E-state index contributed by atoms with van der Waals surface area (Å²) in [4.78, 5) is 2.16. The van der Waals surface area contributed by atoms with Crippen LogP contribution in [0.1, 0.15) is 26.7 Å². The molecule has 0 saturated carbocycles. The van der Waals surface area contributed by atoms with Crippen molar-refractivity contribution < 1.29 is 8.95 Å². The summed E-state index contributed by atoms with van der Waals surface area (Å²) in [5.41, 5.74) is 0. The molecule has 0 aromatic heterocycles.